The van der Waals surface area contributed by atoms with Crippen LogP contribution >= 0.6 is 0 Å². The minimum atomic E-state index is -1.89. The molecule has 0 aliphatic heterocycles. The zero-order valence-corrected chi connectivity index (χ0v) is 18.8. The fraction of sp³-hybridized carbons (Fsp3) is 0.571. The van der Waals surface area contributed by atoms with Crippen molar-refractivity contribution in [3.8, 4) is 0 Å². The molecule has 1 fully saturated rings. The van der Waals surface area contributed by atoms with E-state index < -0.39 is 8.32 Å². The van der Waals surface area contributed by atoms with Crippen LogP contribution in [0.15, 0.2) is 30.4 Å². The van der Waals surface area contributed by atoms with Gasteiger partial charge in [-0.1, -0.05) is 50.7 Å². The Balaban J connectivity index is 2.14. The van der Waals surface area contributed by atoms with Crippen LogP contribution in [0.1, 0.15) is 38.3 Å². The maximum Gasteiger partial charge on any atom is 0.192 e. The van der Waals surface area contributed by atoms with Crippen molar-refractivity contribution in [1.29, 1.82) is 0 Å². The molecule has 2 nitrogen and oxygen atoms in total. The van der Waals surface area contributed by atoms with Gasteiger partial charge in [-0.05, 0) is 54.7 Å². The van der Waals surface area contributed by atoms with Crippen LogP contribution in [0.2, 0.25) is 24.2 Å². The SMILES string of the molecule is C=C1C(=O)C[C@H](O[Si](C)(C)C(C)(C)C)[C@H]1C[Si]c1cccc(C)c1C. The summed E-state index contributed by atoms with van der Waals surface area (Å²) >= 11 is 0. The zero-order valence-electron chi connectivity index (χ0n) is 16.8. The Labute approximate surface area is 157 Å². The van der Waals surface area contributed by atoms with E-state index in [1.807, 2.05) is 0 Å². The largest absolute Gasteiger partial charge is 0.413 e. The molecule has 0 unspecified atom stereocenters. The van der Waals surface area contributed by atoms with Crippen molar-refractivity contribution in [2.24, 2.45) is 5.92 Å². The van der Waals surface area contributed by atoms with Gasteiger partial charge in [-0.2, -0.15) is 0 Å². The highest BCUT2D eigenvalue weighted by Gasteiger charge is 2.44. The predicted octanol–water partition coefficient (Wildman–Crippen LogP) is 4.59. The molecule has 0 bridgehead atoms. The van der Waals surface area contributed by atoms with Gasteiger partial charge in [-0.25, -0.2) is 0 Å². The van der Waals surface area contributed by atoms with Crippen LogP contribution in [0.25, 0.3) is 0 Å². The molecule has 0 saturated heterocycles. The summed E-state index contributed by atoms with van der Waals surface area (Å²) in [6, 6.07) is 7.46. The van der Waals surface area contributed by atoms with Crippen molar-refractivity contribution >= 4 is 28.8 Å². The lowest BCUT2D eigenvalue weighted by molar-refractivity contribution is -0.115. The maximum atomic E-state index is 12.3. The van der Waals surface area contributed by atoms with Crippen LogP contribution in [-0.4, -0.2) is 29.7 Å². The summed E-state index contributed by atoms with van der Waals surface area (Å²) in [5.74, 6) is 0.361. The van der Waals surface area contributed by atoms with E-state index in [-0.39, 0.29) is 22.8 Å². The van der Waals surface area contributed by atoms with E-state index in [9.17, 15) is 4.79 Å². The highest BCUT2D eigenvalue weighted by molar-refractivity contribution is 6.74. The van der Waals surface area contributed by atoms with Gasteiger partial charge in [0, 0.05) is 12.3 Å². The average molecular weight is 373 g/mol. The fourth-order valence-corrected chi connectivity index (χ4v) is 5.97. The molecule has 25 heavy (non-hydrogen) atoms. The van der Waals surface area contributed by atoms with Gasteiger partial charge in [0.1, 0.15) is 0 Å². The quantitative estimate of drug-likeness (QED) is 0.558. The van der Waals surface area contributed by atoms with Crippen molar-refractivity contribution < 1.29 is 9.22 Å². The molecule has 1 saturated carbocycles. The molecule has 0 N–H and O–H groups in total. The molecule has 4 heteroatoms. The molecule has 0 heterocycles. The molecule has 1 aliphatic rings. The first kappa shape index (κ1) is 20.3. The molecule has 2 atom stereocenters. The number of hydrogen-bond donors (Lipinski definition) is 0. The summed E-state index contributed by atoms with van der Waals surface area (Å²) in [6.45, 7) is 19.7. The Kier molecular flexibility index (Phi) is 5.97. The topological polar surface area (TPSA) is 26.3 Å². The van der Waals surface area contributed by atoms with Gasteiger partial charge in [0.15, 0.2) is 14.1 Å². The molecule has 0 aromatic heterocycles. The number of rotatable bonds is 5. The smallest absolute Gasteiger partial charge is 0.192 e. The van der Waals surface area contributed by atoms with Crippen LogP contribution in [-0.2, 0) is 9.22 Å². The molecule has 1 aromatic carbocycles. The molecule has 2 rings (SSSR count). The first-order valence-electron chi connectivity index (χ1n) is 9.14. The van der Waals surface area contributed by atoms with Crippen LogP contribution < -0.4 is 5.19 Å². The second kappa shape index (κ2) is 7.33. The van der Waals surface area contributed by atoms with E-state index >= 15 is 0 Å². The lowest BCUT2D eigenvalue weighted by atomic mass is 10.1. The minimum absolute atomic E-state index is 0.0125. The summed E-state index contributed by atoms with van der Waals surface area (Å²) in [6.07, 6.45) is 0.520. The van der Waals surface area contributed by atoms with E-state index in [2.05, 4.69) is 72.5 Å². The number of benzene rings is 1. The van der Waals surface area contributed by atoms with Crippen LogP contribution in [0.5, 0.6) is 0 Å². The molecule has 0 amide bonds. The Hall–Kier alpha value is -0.976. The van der Waals surface area contributed by atoms with E-state index in [1.165, 1.54) is 16.3 Å². The fourth-order valence-electron chi connectivity index (χ4n) is 2.98. The third-order valence-electron chi connectivity index (χ3n) is 6.01. The van der Waals surface area contributed by atoms with Gasteiger partial charge < -0.3 is 4.43 Å². The summed E-state index contributed by atoms with van der Waals surface area (Å²) in [4.78, 5) is 12.3. The average Bonchev–Trinajstić information content (AvgIpc) is 2.74. The van der Waals surface area contributed by atoms with E-state index in [0.29, 0.717) is 15.9 Å². The summed E-state index contributed by atoms with van der Waals surface area (Å²) < 4.78 is 6.62. The molecular weight excluding hydrogens is 340 g/mol. The number of hydrogen-bond acceptors (Lipinski definition) is 2. The van der Waals surface area contributed by atoms with Crippen molar-refractivity contribution in [2.45, 2.75) is 71.3 Å². The minimum Gasteiger partial charge on any atom is -0.413 e. The van der Waals surface area contributed by atoms with Gasteiger partial charge in [0.2, 0.25) is 0 Å². The molecule has 1 aromatic rings. The number of carbonyl (C=O) groups excluding carboxylic acids is 1. The van der Waals surface area contributed by atoms with Crippen LogP contribution in [0.3, 0.4) is 0 Å². The van der Waals surface area contributed by atoms with Crippen molar-refractivity contribution in [1.82, 2.24) is 0 Å². The Morgan fingerprint density at radius 1 is 1.28 bits per heavy atom. The number of aryl methyl sites for hydroxylation is 1. The highest BCUT2D eigenvalue weighted by Crippen LogP contribution is 2.42. The lowest BCUT2D eigenvalue weighted by Crippen LogP contribution is -2.45. The second-order valence-electron chi connectivity index (χ2n) is 8.80. The van der Waals surface area contributed by atoms with Crippen molar-refractivity contribution in [3.05, 3.63) is 41.5 Å². The van der Waals surface area contributed by atoms with Gasteiger partial charge in [0.25, 0.3) is 0 Å². The Bertz CT molecular complexity index is 671. The third-order valence-corrected chi connectivity index (χ3v) is 12.1. The van der Waals surface area contributed by atoms with Crippen molar-refractivity contribution in [2.75, 3.05) is 0 Å². The van der Waals surface area contributed by atoms with E-state index in [4.69, 9.17) is 4.43 Å². The van der Waals surface area contributed by atoms with Gasteiger partial charge in [-0.15, -0.1) is 0 Å². The van der Waals surface area contributed by atoms with Crippen LogP contribution in [0, 0.1) is 19.8 Å². The monoisotopic (exact) mass is 372 g/mol. The van der Waals surface area contributed by atoms with Crippen LogP contribution in [0.4, 0.5) is 0 Å². The van der Waals surface area contributed by atoms with Crippen molar-refractivity contribution in [3.63, 3.8) is 0 Å². The van der Waals surface area contributed by atoms with Gasteiger partial charge in [0.05, 0.1) is 15.6 Å². The van der Waals surface area contributed by atoms with E-state index in [1.54, 1.807) is 0 Å². The molecule has 2 radical (unpaired) electrons. The first-order chi connectivity index (χ1) is 11.4. The predicted molar refractivity (Wildman–Crippen MR) is 110 cm³/mol. The maximum absolute atomic E-state index is 12.3. The number of carbonyl (C=O) groups is 1. The van der Waals surface area contributed by atoms with E-state index in [0.717, 1.165) is 11.6 Å². The third kappa shape index (κ3) is 4.41. The van der Waals surface area contributed by atoms with Gasteiger partial charge >= 0.3 is 0 Å². The number of Topliss-reactive ketones (excluding diaryl/α,β-unsaturated/α-hetero) is 1. The standard InChI is InChI=1S/C21H32O2Si2/c1-14-10-9-11-20(15(14)2)24-13-17-16(3)18(22)12-19(17)23-25(7,8)21(4,5)6/h9-11,17,19H,3,12-13H2,1-2,4-8H3/t17-,19-/m0/s1. The second-order valence-corrected chi connectivity index (χ2v) is 14.9. The Morgan fingerprint density at radius 3 is 2.52 bits per heavy atom. The number of ketones is 1. The zero-order chi connectivity index (χ0) is 19.0. The Morgan fingerprint density at radius 2 is 1.92 bits per heavy atom. The lowest BCUT2D eigenvalue weighted by Gasteiger charge is -2.39. The summed E-state index contributed by atoms with van der Waals surface area (Å²) in [5.41, 5.74) is 3.49. The molecule has 1 aliphatic carbocycles. The normalized spacial score (nSPS) is 21.9. The van der Waals surface area contributed by atoms with Gasteiger partial charge in [-0.3, -0.25) is 4.79 Å². The first-order valence-corrected chi connectivity index (χ1v) is 13.3. The molecule has 136 valence electrons. The highest BCUT2D eigenvalue weighted by atomic mass is 28.4. The summed E-state index contributed by atoms with van der Waals surface area (Å²) in [5, 5.41) is 1.55. The summed E-state index contributed by atoms with van der Waals surface area (Å²) in [7, 11) is -1.20. The molecular formula is C21H32O2Si2. The molecule has 0 spiro atoms.